The molecule has 184 valence electrons. The third kappa shape index (κ3) is 4.68. The fourth-order valence-electron chi connectivity index (χ4n) is 4.66. The molecule has 0 spiro atoms. The van der Waals surface area contributed by atoms with Crippen molar-refractivity contribution in [2.45, 2.75) is 28.3 Å². The molecule has 6 nitrogen and oxygen atoms in total. The Hall–Kier alpha value is -3.08. The number of aromatic amines is 1. The Morgan fingerprint density at radius 1 is 0.917 bits per heavy atom. The van der Waals surface area contributed by atoms with Crippen LogP contribution in [0, 0.1) is 5.82 Å². The molecule has 1 aromatic heterocycles. The van der Waals surface area contributed by atoms with Gasteiger partial charge in [0.15, 0.2) is 0 Å². The van der Waals surface area contributed by atoms with Gasteiger partial charge in [0.1, 0.15) is 11.8 Å². The Labute approximate surface area is 220 Å². The largest absolute Gasteiger partial charge is 0.358 e. The van der Waals surface area contributed by atoms with E-state index in [1.165, 1.54) is 0 Å². The van der Waals surface area contributed by atoms with Gasteiger partial charge in [-0.05, 0) is 16.7 Å². The van der Waals surface area contributed by atoms with Gasteiger partial charge in [0.25, 0.3) is 5.56 Å². The van der Waals surface area contributed by atoms with Crippen molar-refractivity contribution in [1.82, 2.24) is 9.55 Å². The number of halogens is 2. The zero-order valence-corrected chi connectivity index (χ0v) is 21.4. The summed E-state index contributed by atoms with van der Waals surface area (Å²) in [4.78, 5) is 25.7. The van der Waals surface area contributed by atoms with E-state index in [0.717, 1.165) is 27.5 Å². The number of alkyl halides is 1. The normalized spacial score (nSPS) is 19.9. The van der Waals surface area contributed by atoms with Crippen molar-refractivity contribution in [3.63, 3.8) is 0 Å². The van der Waals surface area contributed by atoms with Crippen molar-refractivity contribution in [3.05, 3.63) is 141 Å². The fraction of sp³-hybridized carbons (Fsp3) is 0.214. The molecule has 36 heavy (non-hydrogen) atoms. The third-order valence-corrected chi connectivity index (χ3v) is 7.71. The Morgan fingerprint density at radius 3 is 1.92 bits per heavy atom. The van der Waals surface area contributed by atoms with E-state index in [1.54, 1.807) is 0 Å². The highest BCUT2D eigenvalue weighted by Gasteiger charge is 2.41. The molecule has 3 aromatic carbocycles. The van der Waals surface area contributed by atoms with Crippen LogP contribution >= 0.6 is 22.6 Å². The lowest BCUT2D eigenvalue weighted by Crippen LogP contribution is -2.37. The predicted molar refractivity (Wildman–Crippen MR) is 143 cm³/mol. The maximum absolute atomic E-state index is 13.9. The quantitative estimate of drug-likeness (QED) is 0.189. The van der Waals surface area contributed by atoms with Gasteiger partial charge in [-0.25, -0.2) is 4.79 Å². The van der Waals surface area contributed by atoms with Crippen molar-refractivity contribution in [2.24, 2.45) is 0 Å². The number of rotatable bonds is 7. The van der Waals surface area contributed by atoms with Crippen LogP contribution in [0.5, 0.6) is 0 Å². The van der Waals surface area contributed by atoms with E-state index in [-0.39, 0.29) is 16.6 Å². The molecule has 1 N–H and O–H groups in total. The fourth-order valence-corrected chi connectivity index (χ4v) is 5.47. The van der Waals surface area contributed by atoms with E-state index in [4.69, 9.17) is 9.47 Å². The molecular formula is C28H24FIN2O4. The number of aromatic nitrogens is 2. The highest BCUT2D eigenvalue weighted by molar-refractivity contribution is 14.1. The first-order valence-corrected chi connectivity index (χ1v) is 12.8. The molecule has 3 atom stereocenters. The summed E-state index contributed by atoms with van der Waals surface area (Å²) in [5, 5.41) is 0. The van der Waals surface area contributed by atoms with Gasteiger partial charge in [0.05, 0.1) is 18.9 Å². The maximum atomic E-state index is 13.9. The number of benzene rings is 3. The average Bonchev–Trinajstić information content (AvgIpc) is 3.28. The van der Waals surface area contributed by atoms with Gasteiger partial charge in [-0.3, -0.25) is 14.3 Å². The van der Waals surface area contributed by atoms with Gasteiger partial charge >= 0.3 is 5.69 Å². The summed E-state index contributed by atoms with van der Waals surface area (Å²) >= 11 is 2.27. The second-order valence-electron chi connectivity index (χ2n) is 8.61. The van der Waals surface area contributed by atoms with Crippen molar-refractivity contribution >= 4 is 22.6 Å². The zero-order valence-electron chi connectivity index (χ0n) is 19.2. The molecule has 0 amide bonds. The predicted octanol–water partition coefficient (Wildman–Crippen LogP) is 4.78. The highest BCUT2D eigenvalue weighted by Crippen LogP contribution is 2.42. The molecular weight excluding hydrogens is 574 g/mol. The number of hydrogen-bond acceptors (Lipinski definition) is 4. The van der Waals surface area contributed by atoms with Crippen LogP contribution in [0.25, 0.3) is 0 Å². The van der Waals surface area contributed by atoms with E-state index in [2.05, 4.69) is 22.6 Å². The number of nitrogens with one attached hydrogen (secondary N) is 1. The summed E-state index contributed by atoms with van der Waals surface area (Å²) < 4.78 is 28.0. The zero-order chi connectivity index (χ0) is 25.1. The minimum atomic E-state index is -1.04. The molecule has 0 bridgehead atoms. The van der Waals surface area contributed by atoms with Crippen molar-refractivity contribution in [3.8, 4) is 0 Å². The molecule has 1 aliphatic heterocycles. The summed E-state index contributed by atoms with van der Waals surface area (Å²) in [6.07, 6.45) is 0.294. The Kier molecular flexibility index (Phi) is 7.17. The summed E-state index contributed by atoms with van der Waals surface area (Å²) in [6.45, 7) is 0.226. The maximum Gasteiger partial charge on any atom is 0.330 e. The topological polar surface area (TPSA) is 73.3 Å². The molecule has 2 heterocycles. The minimum absolute atomic E-state index is 0.00508. The smallest absolute Gasteiger partial charge is 0.330 e. The van der Waals surface area contributed by atoms with Crippen LogP contribution in [-0.4, -0.2) is 26.2 Å². The Balaban J connectivity index is 1.50. The van der Waals surface area contributed by atoms with E-state index in [0.29, 0.717) is 6.42 Å². The van der Waals surface area contributed by atoms with Crippen LogP contribution in [0.1, 0.15) is 29.3 Å². The monoisotopic (exact) mass is 598 g/mol. The highest BCUT2D eigenvalue weighted by atomic mass is 127. The van der Waals surface area contributed by atoms with Crippen LogP contribution in [0.15, 0.2) is 107 Å². The number of ether oxygens (including phenoxy) is 2. The van der Waals surface area contributed by atoms with Crippen molar-refractivity contribution < 1.29 is 13.9 Å². The molecule has 5 rings (SSSR count). The Bertz CT molecular complexity index is 1330. The molecule has 4 aromatic rings. The van der Waals surface area contributed by atoms with Crippen LogP contribution in [0.3, 0.4) is 0 Å². The molecule has 1 aliphatic rings. The number of nitrogens with zero attached hydrogens (tertiary/aromatic N) is 1. The van der Waals surface area contributed by atoms with E-state index in [1.807, 2.05) is 96.0 Å². The molecule has 0 aliphatic carbocycles. The van der Waals surface area contributed by atoms with Gasteiger partial charge in [-0.15, -0.1) is 0 Å². The van der Waals surface area contributed by atoms with Crippen LogP contribution in [0.2, 0.25) is 0 Å². The molecule has 1 fully saturated rings. The van der Waals surface area contributed by atoms with Gasteiger partial charge in [-0.2, -0.15) is 4.39 Å². The van der Waals surface area contributed by atoms with E-state index in [9.17, 15) is 14.0 Å². The first kappa shape index (κ1) is 24.6. The SMILES string of the molecule is O=c1[nH]c(=O)n([C@H]2C[C@H](I)[C@@H](COC(c3ccccc3)(c3ccccc3)c3ccccc3)O2)cc1F. The second-order valence-corrected chi connectivity index (χ2v) is 10.2. The van der Waals surface area contributed by atoms with E-state index < -0.39 is 28.9 Å². The number of hydrogen-bond donors (Lipinski definition) is 1. The molecule has 1 saturated heterocycles. The molecule has 0 unspecified atom stereocenters. The van der Waals surface area contributed by atoms with Crippen LogP contribution in [0.4, 0.5) is 4.39 Å². The van der Waals surface area contributed by atoms with Crippen LogP contribution < -0.4 is 11.2 Å². The van der Waals surface area contributed by atoms with Crippen molar-refractivity contribution in [2.75, 3.05) is 6.61 Å². The molecule has 8 heteroatoms. The lowest BCUT2D eigenvalue weighted by molar-refractivity contribution is -0.0761. The third-order valence-electron chi connectivity index (χ3n) is 6.40. The standard InChI is InChI=1S/C28H24FIN2O4/c29-22-17-32(27(34)31-26(22)33)25-16-23(30)24(36-25)18-35-28(19-10-4-1-5-11-19,20-12-6-2-7-13-20)21-14-8-3-9-15-21/h1-15,17,23-25H,16,18H2,(H,31,33,34)/t23-,24+,25+/m0/s1. The number of H-pyrrole nitrogens is 1. The van der Waals surface area contributed by atoms with Gasteiger partial charge in [0, 0.05) is 10.3 Å². The summed E-state index contributed by atoms with van der Waals surface area (Å²) in [7, 11) is 0. The summed E-state index contributed by atoms with van der Waals surface area (Å²) in [5.74, 6) is -1.03. The minimum Gasteiger partial charge on any atom is -0.358 e. The van der Waals surface area contributed by atoms with Gasteiger partial charge in [-0.1, -0.05) is 114 Å². The summed E-state index contributed by atoms with van der Waals surface area (Å²) in [6, 6.07) is 30.1. The second kappa shape index (κ2) is 10.5. The Morgan fingerprint density at radius 2 is 1.42 bits per heavy atom. The first-order valence-electron chi connectivity index (χ1n) is 11.6. The van der Waals surface area contributed by atoms with Crippen LogP contribution in [-0.2, 0) is 15.1 Å². The first-order chi connectivity index (χ1) is 17.5. The van der Waals surface area contributed by atoms with E-state index >= 15 is 0 Å². The summed E-state index contributed by atoms with van der Waals surface area (Å²) in [5.41, 5.74) is 0.271. The lowest BCUT2D eigenvalue weighted by Gasteiger charge is -2.37. The average molecular weight is 598 g/mol. The lowest BCUT2D eigenvalue weighted by atomic mass is 9.80. The van der Waals surface area contributed by atoms with Gasteiger partial charge in [0.2, 0.25) is 5.82 Å². The van der Waals surface area contributed by atoms with Gasteiger partial charge < -0.3 is 9.47 Å². The van der Waals surface area contributed by atoms with Crippen molar-refractivity contribution in [1.29, 1.82) is 0 Å². The molecule has 0 saturated carbocycles. The molecule has 0 radical (unpaired) electrons.